The maximum absolute atomic E-state index is 12.5. The van der Waals surface area contributed by atoms with Crippen molar-refractivity contribution in [2.45, 2.75) is 71.8 Å². The molecular formula is C28H37N3O2. The zero-order chi connectivity index (χ0) is 23.0. The van der Waals surface area contributed by atoms with Gasteiger partial charge >= 0.3 is 0 Å². The number of aryl methyl sites for hydroxylation is 3. The first-order valence-electron chi connectivity index (χ1n) is 12.5. The maximum Gasteiger partial charge on any atom is 0.223 e. The van der Waals surface area contributed by atoms with Crippen LogP contribution >= 0.6 is 0 Å². The number of rotatable bonds is 10. The lowest BCUT2D eigenvalue weighted by molar-refractivity contribution is -0.125. The van der Waals surface area contributed by atoms with E-state index in [0.717, 1.165) is 55.7 Å². The first kappa shape index (κ1) is 23.3. The van der Waals surface area contributed by atoms with Gasteiger partial charge in [-0.2, -0.15) is 0 Å². The quantitative estimate of drug-likeness (QED) is 0.403. The number of hydrogen-bond acceptors (Lipinski definition) is 3. The standard InChI is InChI=1S/C28H37N3O2/c1-21-14-15-22(2)26(20-21)33-19-9-8-18-31-25-13-7-6-12-24(25)30-27(31)16-17-29-28(32)23-10-4-3-5-11-23/h6-7,12-15,20,23H,3-5,8-11,16-19H2,1-2H3,(H,29,32). The molecule has 1 aliphatic carbocycles. The first-order chi connectivity index (χ1) is 16.1. The van der Waals surface area contributed by atoms with Crippen LogP contribution in [0.1, 0.15) is 61.9 Å². The number of hydrogen-bond donors (Lipinski definition) is 1. The van der Waals surface area contributed by atoms with Crippen molar-refractivity contribution in [1.82, 2.24) is 14.9 Å². The molecule has 1 aliphatic rings. The molecule has 0 atom stereocenters. The fraction of sp³-hybridized carbons (Fsp3) is 0.500. The molecule has 1 N–H and O–H groups in total. The zero-order valence-electron chi connectivity index (χ0n) is 20.1. The van der Waals surface area contributed by atoms with Gasteiger partial charge in [-0.1, -0.05) is 43.5 Å². The molecule has 1 heterocycles. The molecule has 0 unspecified atom stereocenters. The number of imidazole rings is 1. The van der Waals surface area contributed by atoms with Gasteiger partial charge in [0.05, 0.1) is 17.6 Å². The summed E-state index contributed by atoms with van der Waals surface area (Å²) in [6.45, 7) is 6.45. The highest BCUT2D eigenvalue weighted by Gasteiger charge is 2.20. The van der Waals surface area contributed by atoms with Crippen molar-refractivity contribution in [3.8, 4) is 5.75 Å². The van der Waals surface area contributed by atoms with E-state index in [4.69, 9.17) is 9.72 Å². The Labute approximate surface area is 197 Å². The van der Waals surface area contributed by atoms with Gasteiger partial charge in [-0.3, -0.25) is 4.79 Å². The number of nitrogens with one attached hydrogen (secondary N) is 1. The van der Waals surface area contributed by atoms with E-state index in [1.165, 1.54) is 35.9 Å². The van der Waals surface area contributed by atoms with Gasteiger partial charge < -0.3 is 14.6 Å². The second-order valence-corrected chi connectivity index (χ2v) is 9.37. The second-order valence-electron chi connectivity index (χ2n) is 9.37. The van der Waals surface area contributed by atoms with Crippen LogP contribution in [0.25, 0.3) is 11.0 Å². The van der Waals surface area contributed by atoms with Crippen molar-refractivity contribution in [3.63, 3.8) is 0 Å². The summed E-state index contributed by atoms with van der Waals surface area (Å²) in [4.78, 5) is 17.4. The summed E-state index contributed by atoms with van der Waals surface area (Å²) in [6, 6.07) is 14.6. The third kappa shape index (κ3) is 6.16. The fourth-order valence-electron chi connectivity index (χ4n) is 4.79. The number of nitrogens with zero attached hydrogens (tertiary/aromatic N) is 2. The molecule has 0 aliphatic heterocycles. The molecule has 0 bridgehead atoms. The predicted octanol–water partition coefficient (Wildman–Crippen LogP) is 5.75. The molecular weight excluding hydrogens is 410 g/mol. The van der Waals surface area contributed by atoms with Crippen LogP contribution in [0.3, 0.4) is 0 Å². The number of benzene rings is 2. The van der Waals surface area contributed by atoms with E-state index < -0.39 is 0 Å². The van der Waals surface area contributed by atoms with E-state index in [9.17, 15) is 4.79 Å². The highest BCUT2D eigenvalue weighted by Crippen LogP contribution is 2.24. The van der Waals surface area contributed by atoms with Crippen LogP contribution in [-0.2, 0) is 17.8 Å². The number of carbonyl (C=O) groups excluding carboxylic acids is 1. The molecule has 4 rings (SSSR count). The van der Waals surface area contributed by atoms with E-state index in [1.807, 2.05) is 6.07 Å². The highest BCUT2D eigenvalue weighted by molar-refractivity contribution is 5.78. The molecule has 1 aromatic heterocycles. The van der Waals surface area contributed by atoms with Gasteiger partial charge in [0.1, 0.15) is 11.6 Å². The lowest BCUT2D eigenvalue weighted by atomic mass is 9.89. The van der Waals surface area contributed by atoms with E-state index >= 15 is 0 Å². The SMILES string of the molecule is Cc1ccc(C)c(OCCCCn2c(CCNC(=O)C3CCCCC3)nc3ccccc32)c1. The Bertz CT molecular complexity index is 1070. The summed E-state index contributed by atoms with van der Waals surface area (Å²) in [6.07, 6.45) is 8.46. The van der Waals surface area contributed by atoms with Crippen LogP contribution in [0.2, 0.25) is 0 Å². The lowest BCUT2D eigenvalue weighted by Gasteiger charge is -2.20. The monoisotopic (exact) mass is 447 g/mol. The van der Waals surface area contributed by atoms with E-state index in [-0.39, 0.29) is 11.8 Å². The molecule has 176 valence electrons. The maximum atomic E-state index is 12.5. The second kappa shape index (κ2) is 11.4. The summed E-state index contributed by atoms with van der Waals surface area (Å²) in [7, 11) is 0. The minimum atomic E-state index is 0.203. The van der Waals surface area contributed by atoms with Crippen LogP contribution in [0.5, 0.6) is 5.75 Å². The summed E-state index contributed by atoms with van der Waals surface area (Å²) < 4.78 is 8.35. The van der Waals surface area contributed by atoms with Gasteiger partial charge in [0, 0.05) is 25.4 Å². The van der Waals surface area contributed by atoms with Crippen molar-refractivity contribution in [2.24, 2.45) is 5.92 Å². The minimum Gasteiger partial charge on any atom is -0.493 e. The molecule has 1 saturated carbocycles. The Hall–Kier alpha value is -2.82. The molecule has 0 saturated heterocycles. The van der Waals surface area contributed by atoms with Crippen molar-refractivity contribution < 1.29 is 9.53 Å². The van der Waals surface area contributed by atoms with Crippen LogP contribution in [0, 0.1) is 19.8 Å². The number of amides is 1. The van der Waals surface area contributed by atoms with Crippen LogP contribution in [0.4, 0.5) is 0 Å². The van der Waals surface area contributed by atoms with Gasteiger partial charge in [0.25, 0.3) is 0 Å². The first-order valence-corrected chi connectivity index (χ1v) is 12.5. The van der Waals surface area contributed by atoms with Crippen LogP contribution in [0.15, 0.2) is 42.5 Å². The van der Waals surface area contributed by atoms with Gasteiger partial charge in [-0.15, -0.1) is 0 Å². The van der Waals surface area contributed by atoms with Crippen LogP contribution < -0.4 is 10.1 Å². The molecule has 0 radical (unpaired) electrons. The predicted molar refractivity (Wildman–Crippen MR) is 134 cm³/mol. The Morgan fingerprint density at radius 3 is 2.76 bits per heavy atom. The van der Waals surface area contributed by atoms with E-state index in [0.29, 0.717) is 13.2 Å². The number of unbranched alkanes of at least 4 members (excludes halogenated alkanes) is 1. The number of carbonyl (C=O) groups is 1. The smallest absolute Gasteiger partial charge is 0.223 e. The summed E-state index contributed by atoms with van der Waals surface area (Å²) in [5.41, 5.74) is 4.60. The lowest BCUT2D eigenvalue weighted by Crippen LogP contribution is -2.33. The fourth-order valence-corrected chi connectivity index (χ4v) is 4.79. The zero-order valence-corrected chi connectivity index (χ0v) is 20.1. The van der Waals surface area contributed by atoms with E-state index in [1.54, 1.807) is 0 Å². The van der Waals surface area contributed by atoms with Crippen molar-refractivity contribution in [1.29, 1.82) is 0 Å². The normalized spacial score (nSPS) is 14.5. The summed E-state index contributed by atoms with van der Waals surface area (Å²) in [5.74, 6) is 2.46. The molecule has 2 aromatic carbocycles. The number of ether oxygens (including phenoxy) is 1. The van der Waals surface area contributed by atoms with E-state index in [2.05, 4.69) is 60.1 Å². The third-order valence-corrected chi connectivity index (χ3v) is 6.73. The van der Waals surface area contributed by atoms with Crippen molar-refractivity contribution in [3.05, 3.63) is 59.4 Å². The van der Waals surface area contributed by atoms with Gasteiger partial charge in [0.15, 0.2) is 0 Å². The van der Waals surface area contributed by atoms with Gasteiger partial charge in [-0.05, 0) is 68.9 Å². The summed E-state index contributed by atoms with van der Waals surface area (Å²) in [5, 5.41) is 3.16. The average molecular weight is 448 g/mol. The Balaban J connectivity index is 1.31. The summed E-state index contributed by atoms with van der Waals surface area (Å²) >= 11 is 0. The average Bonchev–Trinajstić information content (AvgIpc) is 3.19. The molecule has 33 heavy (non-hydrogen) atoms. The molecule has 5 heteroatoms. The Morgan fingerprint density at radius 1 is 1.09 bits per heavy atom. The molecule has 3 aromatic rings. The Kier molecular flexibility index (Phi) is 8.03. The molecule has 1 amide bonds. The van der Waals surface area contributed by atoms with Crippen molar-refractivity contribution in [2.75, 3.05) is 13.2 Å². The molecule has 5 nitrogen and oxygen atoms in total. The minimum absolute atomic E-state index is 0.203. The van der Waals surface area contributed by atoms with Gasteiger partial charge in [0.2, 0.25) is 5.91 Å². The molecule has 1 fully saturated rings. The number of fused-ring (bicyclic) bond motifs is 1. The van der Waals surface area contributed by atoms with Crippen molar-refractivity contribution >= 4 is 16.9 Å². The van der Waals surface area contributed by atoms with Gasteiger partial charge in [-0.25, -0.2) is 4.98 Å². The molecule has 0 spiro atoms. The number of aromatic nitrogens is 2. The highest BCUT2D eigenvalue weighted by atomic mass is 16.5. The number of para-hydroxylation sites is 2. The topological polar surface area (TPSA) is 56.1 Å². The largest absolute Gasteiger partial charge is 0.493 e. The third-order valence-electron chi connectivity index (χ3n) is 6.73. The Morgan fingerprint density at radius 2 is 1.91 bits per heavy atom. The van der Waals surface area contributed by atoms with Crippen LogP contribution in [-0.4, -0.2) is 28.6 Å².